The molecule has 1 aromatic carbocycles. The third-order valence-corrected chi connectivity index (χ3v) is 3.53. The van der Waals surface area contributed by atoms with E-state index in [2.05, 4.69) is 30.9 Å². The highest BCUT2D eigenvalue weighted by atomic mass is 16.5. The van der Waals surface area contributed by atoms with E-state index in [1.807, 2.05) is 6.07 Å². The molecule has 3 heteroatoms. The second-order valence-electron chi connectivity index (χ2n) is 5.53. The van der Waals surface area contributed by atoms with E-state index in [1.54, 1.807) is 7.11 Å². The van der Waals surface area contributed by atoms with Crippen molar-refractivity contribution in [3.05, 3.63) is 23.8 Å². The summed E-state index contributed by atoms with van der Waals surface area (Å²) >= 11 is 0. The summed E-state index contributed by atoms with van der Waals surface area (Å²) in [5.74, 6) is 0.905. The van der Waals surface area contributed by atoms with E-state index in [1.165, 1.54) is 17.7 Å². The summed E-state index contributed by atoms with van der Waals surface area (Å²) in [6.45, 7) is 7.40. The normalized spacial score (nSPS) is 18.5. The van der Waals surface area contributed by atoms with Crippen LogP contribution in [-0.4, -0.2) is 20.2 Å². The zero-order valence-corrected chi connectivity index (χ0v) is 11.0. The second-order valence-corrected chi connectivity index (χ2v) is 5.53. The Morgan fingerprint density at radius 3 is 2.71 bits per heavy atom. The minimum atomic E-state index is 0.398. The van der Waals surface area contributed by atoms with Gasteiger partial charge in [0.05, 0.1) is 7.11 Å². The second kappa shape index (κ2) is 4.57. The van der Waals surface area contributed by atoms with Crippen molar-refractivity contribution in [3.63, 3.8) is 0 Å². The number of methoxy groups -OCH3 is 1. The first kappa shape index (κ1) is 12.2. The van der Waals surface area contributed by atoms with Crippen LogP contribution in [0, 0.1) is 5.41 Å². The van der Waals surface area contributed by atoms with Crippen LogP contribution in [0.4, 0.5) is 5.69 Å². The Morgan fingerprint density at radius 2 is 2.18 bits per heavy atom. The molecule has 0 unspecified atom stereocenters. The van der Waals surface area contributed by atoms with Crippen molar-refractivity contribution in [3.8, 4) is 5.75 Å². The van der Waals surface area contributed by atoms with E-state index in [0.29, 0.717) is 12.0 Å². The van der Waals surface area contributed by atoms with Crippen LogP contribution in [0.3, 0.4) is 0 Å². The molecule has 2 rings (SSSR count). The van der Waals surface area contributed by atoms with Crippen molar-refractivity contribution >= 4 is 5.69 Å². The number of nitrogens with two attached hydrogens (primary N) is 1. The Balaban J connectivity index is 2.30. The number of anilines is 1. The highest BCUT2D eigenvalue weighted by Crippen LogP contribution is 2.35. The molecule has 0 bridgehead atoms. The van der Waals surface area contributed by atoms with Crippen molar-refractivity contribution in [2.24, 2.45) is 11.1 Å². The van der Waals surface area contributed by atoms with E-state index in [0.717, 1.165) is 18.8 Å². The van der Waals surface area contributed by atoms with Gasteiger partial charge in [0.2, 0.25) is 0 Å². The highest BCUT2D eigenvalue weighted by molar-refractivity contribution is 5.58. The minimum absolute atomic E-state index is 0.398. The molecule has 17 heavy (non-hydrogen) atoms. The molecule has 1 aromatic rings. The summed E-state index contributed by atoms with van der Waals surface area (Å²) in [7, 11) is 1.70. The van der Waals surface area contributed by atoms with Gasteiger partial charge in [-0.2, -0.15) is 0 Å². The molecule has 0 aromatic heterocycles. The molecule has 0 aliphatic carbocycles. The maximum Gasteiger partial charge on any atom is 0.120 e. The summed E-state index contributed by atoms with van der Waals surface area (Å²) in [4.78, 5) is 2.42. The van der Waals surface area contributed by atoms with Crippen LogP contribution < -0.4 is 15.4 Å². The Bertz CT molecular complexity index is 401. The Hall–Kier alpha value is -1.22. The summed E-state index contributed by atoms with van der Waals surface area (Å²) in [6, 6.07) is 6.15. The van der Waals surface area contributed by atoms with Crippen molar-refractivity contribution in [1.29, 1.82) is 0 Å². The molecule has 1 aliphatic heterocycles. The average molecular weight is 234 g/mol. The molecule has 0 spiro atoms. The zero-order valence-electron chi connectivity index (χ0n) is 11.0. The minimum Gasteiger partial charge on any atom is -0.497 e. The van der Waals surface area contributed by atoms with Crippen molar-refractivity contribution in [1.82, 2.24) is 0 Å². The summed E-state index contributed by atoms with van der Waals surface area (Å²) < 4.78 is 5.30. The van der Waals surface area contributed by atoms with Crippen LogP contribution in [0.5, 0.6) is 5.75 Å². The molecule has 1 fully saturated rings. The van der Waals surface area contributed by atoms with E-state index in [9.17, 15) is 0 Å². The number of rotatable bonds is 3. The molecule has 3 nitrogen and oxygen atoms in total. The van der Waals surface area contributed by atoms with Gasteiger partial charge in [0.15, 0.2) is 0 Å². The predicted octanol–water partition coefficient (Wildman–Crippen LogP) is 2.39. The molecule has 2 N–H and O–H groups in total. The van der Waals surface area contributed by atoms with Gasteiger partial charge in [-0.1, -0.05) is 19.9 Å². The van der Waals surface area contributed by atoms with Gasteiger partial charge in [0, 0.05) is 31.4 Å². The van der Waals surface area contributed by atoms with Crippen LogP contribution in [-0.2, 0) is 6.54 Å². The summed E-state index contributed by atoms with van der Waals surface area (Å²) in [5.41, 5.74) is 8.64. The molecule has 0 amide bonds. The van der Waals surface area contributed by atoms with Crippen LogP contribution >= 0.6 is 0 Å². The first-order valence-electron chi connectivity index (χ1n) is 6.18. The molecule has 1 heterocycles. The van der Waals surface area contributed by atoms with Gasteiger partial charge >= 0.3 is 0 Å². The quantitative estimate of drug-likeness (QED) is 0.872. The van der Waals surface area contributed by atoms with Gasteiger partial charge in [-0.05, 0) is 23.5 Å². The van der Waals surface area contributed by atoms with E-state index in [4.69, 9.17) is 10.5 Å². The topological polar surface area (TPSA) is 38.5 Å². The fourth-order valence-electron chi connectivity index (χ4n) is 2.46. The number of ether oxygens (including phenoxy) is 1. The van der Waals surface area contributed by atoms with Crippen molar-refractivity contribution < 1.29 is 4.74 Å². The van der Waals surface area contributed by atoms with Crippen LogP contribution in [0.2, 0.25) is 0 Å². The standard InChI is InChI=1S/C14H22N2O/c1-14(2)6-7-16(10-14)13-8-12(17-3)5-4-11(13)9-15/h4-5,8H,6-7,9-10,15H2,1-3H3. The molecule has 0 radical (unpaired) electrons. The molecule has 0 atom stereocenters. The molecule has 1 aliphatic rings. The van der Waals surface area contributed by atoms with Crippen LogP contribution in [0.15, 0.2) is 18.2 Å². The van der Waals surface area contributed by atoms with Gasteiger partial charge in [-0.3, -0.25) is 0 Å². The lowest BCUT2D eigenvalue weighted by molar-refractivity contribution is 0.413. The first-order valence-corrected chi connectivity index (χ1v) is 6.18. The lowest BCUT2D eigenvalue weighted by Gasteiger charge is -2.24. The molecular weight excluding hydrogens is 212 g/mol. The molecule has 1 saturated heterocycles. The third kappa shape index (κ3) is 2.55. The van der Waals surface area contributed by atoms with Gasteiger partial charge in [0.1, 0.15) is 5.75 Å². The summed E-state index contributed by atoms with van der Waals surface area (Å²) in [6.07, 6.45) is 1.23. The predicted molar refractivity (Wildman–Crippen MR) is 71.5 cm³/mol. The number of nitrogens with zero attached hydrogens (tertiary/aromatic N) is 1. The van der Waals surface area contributed by atoms with Gasteiger partial charge in [-0.15, -0.1) is 0 Å². The molecular formula is C14H22N2O. The maximum absolute atomic E-state index is 5.81. The fourth-order valence-corrected chi connectivity index (χ4v) is 2.46. The molecule has 0 saturated carbocycles. The van der Waals surface area contributed by atoms with E-state index >= 15 is 0 Å². The Morgan fingerprint density at radius 1 is 1.41 bits per heavy atom. The highest BCUT2D eigenvalue weighted by Gasteiger charge is 2.30. The van der Waals surface area contributed by atoms with Gasteiger partial charge in [-0.25, -0.2) is 0 Å². The Kier molecular flexibility index (Phi) is 3.29. The van der Waals surface area contributed by atoms with Crippen LogP contribution in [0.1, 0.15) is 25.8 Å². The van der Waals surface area contributed by atoms with Gasteiger partial charge in [0.25, 0.3) is 0 Å². The largest absolute Gasteiger partial charge is 0.497 e. The number of benzene rings is 1. The first-order chi connectivity index (χ1) is 8.05. The third-order valence-electron chi connectivity index (χ3n) is 3.53. The monoisotopic (exact) mass is 234 g/mol. The number of hydrogen-bond donors (Lipinski definition) is 1. The lowest BCUT2D eigenvalue weighted by atomic mass is 9.93. The van der Waals surface area contributed by atoms with Crippen LogP contribution in [0.25, 0.3) is 0 Å². The Labute approximate surface area is 104 Å². The average Bonchev–Trinajstić information content (AvgIpc) is 2.68. The van der Waals surface area contributed by atoms with Crippen molar-refractivity contribution in [2.75, 3.05) is 25.1 Å². The molecule has 94 valence electrons. The van der Waals surface area contributed by atoms with E-state index in [-0.39, 0.29) is 0 Å². The van der Waals surface area contributed by atoms with E-state index < -0.39 is 0 Å². The maximum atomic E-state index is 5.81. The zero-order chi connectivity index (χ0) is 12.5. The summed E-state index contributed by atoms with van der Waals surface area (Å²) in [5, 5.41) is 0. The van der Waals surface area contributed by atoms with Crippen molar-refractivity contribution in [2.45, 2.75) is 26.8 Å². The number of hydrogen-bond acceptors (Lipinski definition) is 3. The fraction of sp³-hybridized carbons (Fsp3) is 0.571. The lowest BCUT2D eigenvalue weighted by Crippen LogP contribution is -2.24. The smallest absolute Gasteiger partial charge is 0.120 e. The van der Waals surface area contributed by atoms with Gasteiger partial charge < -0.3 is 15.4 Å². The SMILES string of the molecule is COc1ccc(CN)c(N2CCC(C)(C)C2)c1.